The number of benzene rings is 3. The molecule has 30 heavy (non-hydrogen) atoms. The maximum Gasteiger partial charge on any atom is 0.338 e. The molecule has 0 aliphatic carbocycles. The van der Waals surface area contributed by atoms with E-state index in [-0.39, 0.29) is 0 Å². The monoisotopic (exact) mass is 398 g/mol. The first-order chi connectivity index (χ1) is 14.7. The Bertz CT molecular complexity index is 1190. The van der Waals surface area contributed by atoms with Gasteiger partial charge in [0.1, 0.15) is 5.75 Å². The minimum absolute atomic E-state index is 0.407. The van der Waals surface area contributed by atoms with Crippen molar-refractivity contribution in [2.24, 2.45) is 0 Å². The van der Waals surface area contributed by atoms with E-state index >= 15 is 0 Å². The number of rotatable bonds is 6. The smallest absolute Gasteiger partial charge is 0.338 e. The highest BCUT2D eigenvalue weighted by Gasteiger charge is 2.16. The normalized spacial score (nSPS) is 10.7. The highest BCUT2D eigenvalue weighted by Crippen LogP contribution is 2.31. The van der Waals surface area contributed by atoms with E-state index in [1.165, 1.54) is 12.7 Å². The van der Waals surface area contributed by atoms with Gasteiger partial charge in [0.15, 0.2) is 0 Å². The van der Waals surface area contributed by atoms with Crippen LogP contribution in [0.1, 0.15) is 28.4 Å². The van der Waals surface area contributed by atoms with Crippen LogP contribution < -0.4 is 4.74 Å². The highest BCUT2D eigenvalue weighted by atomic mass is 16.5. The van der Waals surface area contributed by atoms with E-state index in [4.69, 9.17) is 9.47 Å². The van der Waals surface area contributed by atoms with Crippen molar-refractivity contribution in [1.82, 2.24) is 10.2 Å². The van der Waals surface area contributed by atoms with E-state index < -0.39 is 5.97 Å². The van der Waals surface area contributed by atoms with Crippen LogP contribution in [0.3, 0.4) is 0 Å². The molecule has 4 aromatic rings. The molecule has 0 radical (unpaired) electrons. The van der Waals surface area contributed by atoms with E-state index in [0.29, 0.717) is 23.4 Å². The average molecular weight is 398 g/mol. The number of hydrogen-bond donors (Lipinski definition) is 0. The highest BCUT2D eigenvalue weighted by molar-refractivity contribution is 5.98. The lowest BCUT2D eigenvalue weighted by atomic mass is 10.0. The van der Waals surface area contributed by atoms with Gasteiger partial charge in [-0.05, 0) is 48.7 Å². The quantitative estimate of drug-likeness (QED) is 0.424. The summed E-state index contributed by atoms with van der Waals surface area (Å²) in [4.78, 5) is 12.2. The van der Waals surface area contributed by atoms with Crippen molar-refractivity contribution >= 4 is 16.9 Å². The van der Waals surface area contributed by atoms with Gasteiger partial charge in [-0.15, -0.1) is 10.2 Å². The fourth-order valence-electron chi connectivity index (χ4n) is 3.50. The molecule has 0 saturated heterocycles. The van der Waals surface area contributed by atoms with Crippen molar-refractivity contribution in [2.75, 3.05) is 13.7 Å². The number of esters is 1. The second-order valence-electron chi connectivity index (χ2n) is 6.89. The summed E-state index contributed by atoms with van der Waals surface area (Å²) in [5.74, 6) is 0.350. The third kappa shape index (κ3) is 4.01. The van der Waals surface area contributed by atoms with Gasteiger partial charge in [0.2, 0.25) is 0 Å². The molecule has 4 rings (SSSR count). The predicted octanol–water partition coefficient (Wildman–Crippen LogP) is 5.07. The van der Waals surface area contributed by atoms with Crippen molar-refractivity contribution in [3.8, 4) is 17.0 Å². The van der Waals surface area contributed by atoms with E-state index in [2.05, 4.69) is 28.4 Å². The van der Waals surface area contributed by atoms with Crippen LogP contribution in [0.25, 0.3) is 22.2 Å². The Morgan fingerprint density at radius 1 is 0.900 bits per heavy atom. The lowest BCUT2D eigenvalue weighted by Gasteiger charge is -2.12. The Balaban J connectivity index is 1.80. The molecule has 0 aliphatic rings. The van der Waals surface area contributed by atoms with Crippen LogP contribution in [0.5, 0.6) is 5.75 Å². The molecule has 1 heterocycles. The van der Waals surface area contributed by atoms with Gasteiger partial charge in [0, 0.05) is 10.9 Å². The number of carbonyl (C=O) groups is 1. The van der Waals surface area contributed by atoms with Crippen LogP contribution >= 0.6 is 0 Å². The van der Waals surface area contributed by atoms with Crippen LogP contribution in [0, 0.1) is 0 Å². The van der Waals surface area contributed by atoms with Crippen LogP contribution in [0.4, 0.5) is 0 Å². The summed E-state index contributed by atoms with van der Waals surface area (Å²) < 4.78 is 10.8. The average Bonchev–Trinajstić information content (AvgIpc) is 2.79. The molecular formula is C25H22N2O3. The predicted molar refractivity (Wildman–Crippen MR) is 117 cm³/mol. The van der Waals surface area contributed by atoms with Gasteiger partial charge in [-0.3, -0.25) is 0 Å². The first kappa shape index (κ1) is 19.6. The van der Waals surface area contributed by atoms with Crippen LogP contribution in [-0.4, -0.2) is 29.9 Å². The molecule has 0 unspecified atom stereocenters. The van der Waals surface area contributed by atoms with Gasteiger partial charge in [0.25, 0.3) is 0 Å². The molecule has 3 aromatic carbocycles. The molecule has 5 heteroatoms. The number of nitrogens with zero attached hydrogens (tertiary/aromatic N) is 2. The molecule has 1 aromatic heterocycles. The summed E-state index contributed by atoms with van der Waals surface area (Å²) in [6.07, 6.45) is 0.783. The summed E-state index contributed by atoms with van der Waals surface area (Å²) in [7, 11) is 1.37. The van der Waals surface area contributed by atoms with Crippen molar-refractivity contribution < 1.29 is 14.3 Å². The number of methoxy groups -OCH3 is 1. The number of hydrogen-bond acceptors (Lipinski definition) is 5. The number of fused-ring (bicyclic) bond motifs is 1. The topological polar surface area (TPSA) is 61.3 Å². The third-order valence-electron chi connectivity index (χ3n) is 4.89. The van der Waals surface area contributed by atoms with Gasteiger partial charge >= 0.3 is 5.97 Å². The molecule has 0 bridgehead atoms. The second-order valence-corrected chi connectivity index (χ2v) is 6.89. The first-order valence-corrected chi connectivity index (χ1v) is 9.84. The number of carbonyl (C=O) groups excluding carboxylic acids is 1. The fourth-order valence-corrected chi connectivity index (χ4v) is 3.50. The van der Waals surface area contributed by atoms with Crippen molar-refractivity contribution in [1.29, 1.82) is 0 Å². The molecule has 0 fully saturated rings. The summed E-state index contributed by atoms with van der Waals surface area (Å²) in [6.45, 7) is 2.50. The summed E-state index contributed by atoms with van der Waals surface area (Å²) in [5, 5.41) is 9.70. The molecule has 0 spiro atoms. The Hall–Kier alpha value is -3.73. The summed E-state index contributed by atoms with van der Waals surface area (Å²) in [6, 6.07) is 23.5. The fraction of sp³-hybridized carbons (Fsp3) is 0.160. The van der Waals surface area contributed by atoms with Gasteiger partial charge in [0.05, 0.1) is 30.5 Å². The molecular weight excluding hydrogens is 376 g/mol. The Labute approximate surface area is 175 Å². The lowest BCUT2D eigenvalue weighted by Crippen LogP contribution is -2.04. The number of aromatic nitrogens is 2. The van der Waals surface area contributed by atoms with Crippen molar-refractivity contribution in [3.63, 3.8) is 0 Å². The molecule has 0 atom stereocenters. The van der Waals surface area contributed by atoms with E-state index in [1.54, 1.807) is 12.1 Å². The molecule has 150 valence electrons. The van der Waals surface area contributed by atoms with E-state index in [9.17, 15) is 4.79 Å². The molecule has 5 nitrogen and oxygen atoms in total. The van der Waals surface area contributed by atoms with Crippen LogP contribution in [0.2, 0.25) is 0 Å². The largest absolute Gasteiger partial charge is 0.493 e. The lowest BCUT2D eigenvalue weighted by molar-refractivity contribution is 0.0601. The SMILES string of the molecule is CCOc1cc(Cc2ccccc2)cc2nnc(-c3ccccc3C(=O)OC)cc12. The third-order valence-corrected chi connectivity index (χ3v) is 4.89. The van der Waals surface area contributed by atoms with Crippen LogP contribution in [-0.2, 0) is 11.2 Å². The second kappa shape index (κ2) is 8.74. The Kier molecular flexibility index (Phi) is 5.70. The minimum atomic E-state index is -0.407. The summed E-state index contributed by atoms with van der Waals surface area (Å²) >= 11 is 0. The maximum atomic E-state index is 12.2. The maximum absolute atomic E-state index is 12.2. The van der Waals surface area contributed by atoms with E-state index in [0.717, 1.165) is 28.6 Å². The molecule has 0 aliphatic heterocycles. The Morgan fingerprint density at radius 2 is 1.67 bits per heavy atom. The zero-order valence-electron chi connectivity index (χ0n) is 17.0. The van der Waals surface area contributed by atoms with Crippen molar-refractivity contribution in [2.45, 2.75) is 13.3 Å². The standard InChI is InChI=1S/C25H22N2O3/c1-3-30-24-15-18(13-17-9-5-4-6-10-17)14-22-21(24)16-23(27-26-22)19-11-7-8-12-20(19)25(28)29-2/h4-12,14-16H,3,13H2,1-2H3. The van der Waals surface area contributed by atoms with Gasteiger partial charge < -0.3 is 9.47 Å². The van der Waals surface area contributed by atoms with Gasteiger partial charge in [-0.2, -0.15) is 0 Å². The van der Waals surface area contributed by atoms with E-state index in [1.807, 2.05) is 49.4 Å². The van der Waals surface area contributed by atoms with Gasteiger partial charge in [-0.25, -0.2) is 4.79 Å². The zero-order chi connectivity index (χ0) is 20.9. The molecule has 0 amide bonds. The van der Waals surface area contributed by atoms with Crippen molar-refractivity contribution in [3.05, 3.63) is 89.5 Å². The van der Waals surface area contributed by atoms with Crippen LogP contribution in [0.15, 0.2) is 72.8 Å². The Morgan fingerprint density at radius 3 is 2.43 bits per heavy atom. The zero-order valence-corrected chi connectivity index (χ0v) is 17.0. The first-order valence-electron chi connectivity index (χ1n) is 9.84. The summed E-state index contributed by atoms with van der Waals surface area (Å²) in [5.41, 5.74) is 4.80. The molecule has 0 N–H and O–H groups in total. The number of ether oxygens (including phenoxy) is 2. The molecule has 0 saturated carbocycles. The van der Waals surface area contributed by atoms with Gasteiger partial charge in [-0.1, -0.05) is 48.5 Å². The minimum Gasteiger partial charge on any atom is -0.493 e.